The molecule has 0 aromatic heterocycles. The summed E-state index contributed by atoms with van der Waals surface area (Å²) in [5, 5.41) is 10.4. The molecule has 1 unspecified atom stereocenters. The molecule has 15 heavy (non-hydrogen) atoms. The fourth-order valence-electron chi connectivity index (χ4n) is 1.49. The Kier molecular flexibility index (Phi) is 6.49. The largest absolute Gasteiger partial charge is 0.373 e. The van der Waals surface area contributed by atoms with E-state index in [0.29, 0.717) is 6.42 Å². The zero-order valence-electron chi connectivity index (χ0n) is 9.88. The molecule has 0 spiro atoms. The molecule has 0 aromatic carbocycles. The first-order chi connectivity index (χ1) is 7.14. The predicted octanol–water partition coefficient (Wildman–Crippen LogP) is 3.23. The van der Waals surface area contributed by atoms with Crippen LogP contribution in [0.3, 0.4) is 0 Å². The maximum Gasteiger partial charge on any atom is 0.150 e. The summed E-state index contributed by atoms with van der Waals surface area (Å²) >= 11 is 0. The molecule has 0 amide bonds. The Morgan fingerprint density at radius 1 is 1.53 bits per heavy atom. The SMILES string of the molecule is C=C/C=C(\C=C/C)C(O)(C#CC)CCC. The van der Waals surface area contributed by atoms with Crippen LogP contribution in [-0.2, 0) is 0 Å². The lowest BCUT2D eigenvalue weighted by molar-refractivity contribution is 0.132. The third-order valence-corrected chi connectivity index (χ3v) is 2.06. The first-order valence-electron chi connectivity index (χ1n) is 5.26. The van der Waals surface area contributed by atoms with E-state index in [2.05, 4.69) is 18.4 Å². The van der Waals surface area contributed by atoms with E-state index in [1.807, 2.05) is 26.0 Å². The molecule has 0 aliphatic carbocycles. The second-order valence-corrected chi connectivity index (χ2v) is 3.34. The van der Waals surface area contributed by atoms with Crippen LogP contribution in [0, 0.1) is 11.8 Å². The number of hydrogen-bond acceptors (Lipinski definition) is 1. The van der Waals surface area contributed by atoms with Crippen molar-refractivity contribution in [1.82, 2.24) is 0 Å². The fourth-order valence-corrected chi connectivity index (χ4v) is 1.49. The van der Waals surface area contributed by atoms with Crippen LogP contribution in [-0.4, -0.2) is 10.7 Å². The molecule has 1 N–H and O–H groups in total. The van der Waals surface area contributed by atoms with Gasteiger partial charge in [-0.1, -0.05) is 50.1 Å². The molecule has 0 aliphatic rings. The molecular formula is C14H20O. The van der Waals surface area contributed by atoms with E-state index in [9.17, 15) is 5.11 Å². The van der Waals surface area contributed by atoms with Gasteiger partial charge in [-0.25, -0.2) is 0 Å². The molecule has 1 atom stereocenters. The highest BCUT2D eigenvalue weighted by Crippen LogP contribution is 2.23. The molecule has 1 heteroatoms. The Labute approximate surface area is 93.2 Å². The minimum Gasteiger partial charge on any atom is -0.373 e. The molecule has 0 aliphatic heterocycles. The molecule has 0 bridgehead atoms. The first kappa shape index (κ1) is 13.7. The summed E-state index contributed by atoms with van der Waals surface area (Å²) < 4.78 is 0. The highest BCUT2D eigenvalue weighted by Gasteiger charge is 2.26. The Morgan fingerprint density at radius 3 is 2.60 bits per heavy atom. The van der Waals surface area contributed by atoms with Gasteiger partial charge in [0.1, 0.15) is 0 Å². The molecular weight excluding hydrogens is 184 g/mol. The minimum atomic E-state index is -1.04. The van der Waals surface area contributed by atoms with E-state index in [-0.39, 0.29) is 0 Å². The van der Waals surface area contributed by atoms with Crippen LogP contribution in [0.25, 0.3) is 0 Å². The van der Waals surface area contributed by atoms with Crippen molar-refractivity contribution >= 4 is 0 Å². The van der Waals surface area contributed by atoms with E-state index in [1.54, 1.807) is 19.1 Å². The van der Waals surface area contributed by atoms with E-state index in [0.717, 1.165) is 12.0 Å². The van der Waals surface area contributed by atoms with Crippen molar-refractivity contribution in [1.29, 1.82) is 0 Å². The van der Waals surface area contributed by atoms with Crippen LogP contribution in [0.1, 0.15) is 33.6 Å². The quantitative estimate of drug-likeness (QED) is 0.538. The normalized spacial score (nSPS) is 15.6. The third-order valence-electron chi connectivity index (χ3n) is 2.06. The summed E-state index contributed by atoms with van der Waals surface area (Å²) in [6.45, 7) is 9.34. The summed E-state index contributed by atoms with van der Waals surface area (Å²) in [5.41, 5.74) is -0.235. The maximum atomic E-state index is 10.4. The Morgan fingerprint density at radius 2 is 2.20 bits per heavy atom. The van der Waals surface area contributed by atoms with Gasteiger partial charge in [0.05, 0.1) is 0 Å². The second kappa shape index (κ2) is 7.09. The van der Waals surface area contributed by atoms with Crippen molar-refractivity contribution in [2.24, 2.45) is 0 Å². The Balaban J connectivity index is 5.23. The van der Waals surface area contributed by atoms with Crippen molar-refractivity contribution < 1.29 is 5.11 Å². The van der Waals surface area contributed by atoms with Crippen molar-refractivity contribution in [3.8, 4) is 11.8 Å². The van der Waals surface area contributed by atoms with Crippen molar-refractivity contribution in [2.75, 3.05) is 0 Å². The van der Waals surface area contributed by atoms with Gasteiger partial charge in [0.2, 0.25) is 0 Å². The number of rotatable bonds is 5. The molecule has 0 rings (SSSR count). The lowest BCUT2D eigenvalue weighted by atomic mass is 9.88. The van der Waals surface area contributed by atoms with Gasteiger partial charge in [0, 0.05) is 0 Å². The van der Waals surface area contributed by atoms with E-state index >= 15 is 0 Å². The van der Waals surface area contributed by atoms with Crippen LogP contribution in [0.15, 0.2) is 36.5 Å². The van der Waals surface area contributed by atoms with Gasteiger partial charge < -0.3 is 5.11 Å². The average molecular weight is 204 g/mol. The van der Waals surface area contributed by atoms with Crippen molar-refractivity contribution in [2.45, 2.75) is 39.2 Å². The number of hydrogen-bond donors (Lipinski definition) is 1. The summed E-state index contributed by atoms with van der Waals surface area (Å²) in [6, 6.07) is 0. The highest BCUT2D eigenvalue weighted by molar-refractivity contribution is 5.39. The minimum absolute atomic E-state index is 0.637. The summed E-state index contributed by atoms with van der Waals surface area (Å²) in [6.07, 6.45) is 8.78. The molecule has 0 saturated carbocycles. The van der Waals surface area contributed by atoms with E-state index in [4.69, 9.17) is 0 Å². The summed E-state index contributed by atoms with van der Waals surface area (Å²) in [7, 11) is 0. The standard InChI is InChI=1S/C14H20O/c1-5-9-13(10-6-2)14(15,11-7-3)12-8-4/h5-6,9-10,15H,1,7,11H2,2-4H3/b10-6-,13-9+. The number of allylic oxidation sites excluding steroid dienone is 3. The molecule has 0 radical (unpaired) electrons. The second-order valence-electron chi connectivity index (χ2n) is 3.34. The summed E-state index contributed by atoms with van der Waals surface area (Å²) in [5.74, 6) is 5.65. The highest BCUT2D eigenvalue weighted by atomic mass is 16.3. The molecule has 0 heterocycles. The molecule has 0 fully saturated rings. The van der Waals surface area contributed by atoms with Gasteiger partial charge in [0.15, 0.2) is 5.60 Å². The van der Waals surface area contributed by atoms with Crippen LogP contribution in [0.5, 0.6) is 0 Å². The molecule has 1 nitrogen and oxygen atoms in total. The summed E-state index contributed by atoms with van der Waals surface area (Å²) in [4.78, 5) is 0. The zero-order chi connectivity index (χ0) is 11.7. The smallest absolute Gasteiger partial charge is 0.150 e. The topological polar surface area (TPSA) is 20.2 Å². The lowest BCUT2D eigenvalue weighted by Gasteiger charge is -2.23. The van der Waals surface area contributed by atoms with Gasteiger partial charge in [0.25, 0.3) is 0 Å². The van der Waals surface area contributed by atoms with Gasteiger partial charge >= 0.3 is 0 Å². The number of aliphatic hydroxyl groups is 1. The third kappa shape index (κ3) is 4.18. The molecule has 0 aromatic rings. The first-order valence-corrected chi connectivity index (χ1v) is 5.26. The van der Waals surface area contributed by atoms with Gasteiger partial charge in [-0.05, 0) is 25.8 Å². The zero-order valence-corrected chi connectivity index (χ0v) is 9.88. The van der Waals surface area contributed by atoms with Gasteiger partial charge in [-0.2, -0.15) is 0 Å². The van der Waals surface area contributed by atoms with Crippen molar-refractivity contribution in [3.63, 3.8) is 0 Å². The van der Waals surface area contributed by atoms with Crippen molar-refractivity contribution in [3.05, 3.63) is 36.5 Å². The van der Waals surface area contributed by atoms with E-state index in [1.165, 1.54) is 0 Å². The molecule has 0 saturated heterocycles. The van der Waals surface area contributed by atoms with Crippen LogP contribution >= 0.6 is 0 Å². The van der Waals surface area contributed by atoms with Crippen LogP contribution in [0.4, 0.5) is 0 Å². The monoisotopic (exact) mass is 204 g/mol. The van der Waals surface area contributed by atoms with Gasteiger partial charge in [-0.3, -0.25) is 0 Å². The van der Waals surface area contributed by atoms with Crippen LogP contribution < -0.4 is 0 Å². The van der Waals surface area contributed by atoms with E-state index < -0.39 is 5.60 Å². The fraction of sp³-hybridized carbons (Fsp3) is 0.429. The Bertz CT molecular complexity index is 312. The van der Waals surface area contributed by atoms with Crippen LogP contribution in [0.2, 0.25) is 0 Å². The van der Waals surface area contributed by atoms with Gasteiger partial charge in [-0.15, -0.1) is 5.92 Å². The Hall–Kier alpha value is -1.26. The predicted molar refractivity (Wildman–Crippen MR) is 66.4 cm³/mol. The maximum absolute atomic E-state index is 10.4. The molecule has 82 valence electrons. The lowest BCUT2D eigenvalue weighted by Crippen LogP contribution is -2.28. The average Bonchev–Trinajstić information content (AvgIpc) is 2.18.